The lowest BCUT2D eigenvalue weighted by molar-refractivity contribution is 0.256. The quantitative estimate of drug-likeness (QED) is 0.700. The third-order valence-corrected chi connectivity index (χ3v) is 2.78. The molecule has 0 saturated carbocycles. The Balaban J connectivity index is 1.88. The van der Waals surface area contributed by atoms with E-state index in [1.807, 2.05) is 31.2 Å². The molecule has 0 bridgehead atoms. The van der Waals surface area contributed by atoms with E-state index in [2.05, 4.69) is 10.2 Å². The van der Waals surface area contributed by atoms with Gasteiger partial charge in [-0.25, -0.2) is 0 Å². The van der Waals surface area contributed by atoms with Gasteiger partial charge in [-0.1, -0.05) is 6.07 Å². The van der Waals surface area contributed by atoms with Crippen LogP contribution in [-0.2, 0) is 13.0 Å². The number of ether oxygens (including phenoxy) is 2. The molecule has 0 amide bonds. The standard InChI is InChI=1S/C14H17ClN2O3/c1-2-18-11-5-3-6-12(9-11)19-10-14-17-16-13(20-14)7-4-8-15/h3,5-6,9H,2,4,7-8,10H2,1H3. The molecule has 1 aromatic heterocycles. The normalized spacial score (nSPS) is 10.5. The smallest absolute Gasteiger partial charge is 0.253 e. The van der Waals surface area contributed by atoms with Crippen LogP contribution in [0.3, 0.4) is 0 Å². The van der Waals surface area contributed by atoms with E-state index >= 15 is 0 Å². The van der Waals surface area contributed by atoms with Crippen molar-refractivity contribution in [2.24, 2.45) is 0 Å². The first-order valence-electron chi connectivity index (χ1n) is 6.54. The van der Waals surface area contributed by atoms with Gasteiger partial charge in [-0.2, -0.15) is 0 Å². The van der Waals surface area contributed by atoms with Gasteiger partial charge in [0.1, 0.15) is 11.5 Å². The van der Waals surface area contributed by atoms with Crippen LogP contribution in [-0.4, -0.2) is 22.7 Å². The van der Waals surface area contributed by atoms with Gasteiger partial charge in [0.2, 0.25) is 5.89 Å². The summed E-state index contributed by atoms with van der Waals surface area (Å²) in [6.45, 7) is 2.80. The van der Waals surface area contributed by atoms with Gasteiger partial charge in [0.25, 0.3) is 5.89 Å². The second-order valence-corrected chi connectivity index (χ2v) is 4.46. The number of halogens is 1. The topological polar surface area (TPSA) is 57.4 Å². The third-order valence-electron chi connectivity index (χ3n) is 2.51. The largest absolute Gasteiger partial charge is 0.494 e. The second-order valence-electron chi connectivity index (χ2n) is 4.08. The Labute approximate surface area is 122 Å². The van der Waals surface area contributed by atoms with Crippen molar-refractivity contribution in [3.05, 3.63) is 36.0 Å². The summed E-state index contributed by atoms with van der Waals surface area (Å²) < 4.78 is 16.4. The number of nitrogens with zero attached hydrogens (tertiary/aromatic N) is 2. The molecule has 1 aromatic carbocycles. The summed E-state index contributed by atoms with van der Waals surface area (Å²) >= 11 is 5.61. The molecule has 1 heterocycles. The van der Waals surface area contributed by atoms with Crippen molar-refractivity contribution in [3.63, 3.8) is 0 Å². The van der Waals surface area contributed by atoms with E-state index in [1.165, 1.54) is 0 Å². The fraction of sp³-hybridized carbons (Fsp3) is 0.429. The maximum Gasteiger partial charge on any atom is 0.253 e. The van der Waals surface area contributed by atoms with Gasteiger partial charge in [-0.3, -0.25) is 0 Å². The maximum atomic E-state index is 5.61. The first-order valence-corrected chi connectivity index (χ1v) is 7.08. The Kier molecular flexibility index (Phi) is 5.68. The molecular weight excluding hydrogens is 280 g/mol. The molecule has 5 nitrogen and oxygen atoms in total. The molecule has 0 radical (unpaired) electrons. The van der Waals surface area contributed by atoms with Crippen LogP contribution in [0.5, 0.6) is 11.5 Å². The highest BCUT2D eigenvalue weighted by Gasteiger charge is 2.07. The number of benzene rings is 1. The molecule has 20 heavy (non-hydrogen) atoms. The Hall–Kier alpha value is -1.75. The molecule has 0 fully saturated rings. The summed E-state index contributed by atoms with van der Waals surface area (Å²) in [6, 6.07) is 7.44. The molecule has 108 valence electrons. The van der Waals surface area contributed by atoms with Gasteiger partial charge < -0.3 is 13.9 Å². The third kappa shape index (κ3) is 4.42. The van der Waals surface area contributed by atoms with E-state index in [0.29, 0.717) is 36.4 Å². The molecule has 0 unspecified atom stereocenters. The van der Waals surface area contributed by atoms with Crippen molar-refractivity contribution in [2.45, 2.75) is 26.4 Å². The Bertz CT molecular complexity index is 531. The van der Waals surface area contributed by atoms with Crippen LogP contribution < -0.4 is 9.47 Å². The van der Waals surface area contributed by atoms with Crippen LogP contribution in [0.4, 0.5) is 0 Å². The predicted molar refractivity (Wildman–Crippen MR) is 75.3 cm³/mol. The molecule has 0 spiro atoms. The van der Waals surface area contributed by atoms with Crippen molar-refractivity contribution < 1.29 is 13.9 Å². The van der Waals surface area contributed by atoms with E-state index < -0.39 is 0 Å². The van der Waals surface area contributed by atoms with E-state index in [-0.39, 0.29) is 6.61 Å². The maximum absolute atomic E-state index is 5.61. The Morgan fingerprint density at radius 3 is 2.65 bits per heavy atom. The number of hydrogen-bond acceptors (Lipinski definition) is 5. The number of hydrogen-bond donors (Lipinski definition) is 0. The SMILES string of the molecule is CCOc1cccc(OCc2nnc(CCCCl)o2)c1. The van der Waals surface area contributed by atoms with Gasteiger partial charge in [-0.05, 0) is 25.5 Å². The zero-order valence-corrected chi connectivity index (χ0v) is 12.1. The second kappa shape index (κ2) is 7.75. The predicted octanol–water partition coefficient (Wildman–Crippen LogP) is 3.22. The van der Waals surface area contributed by atoms with Crippen LogP contribution in [0.15, 0.2) is 28.7 Å². The first kappa shape index (κ1) is 14.7. The lowest BCUT2D eigenvalue weighted by atomic mass is 10.3. The average Bonchev–Trinajstić information content (AvgIpc) is 2.92. The summed E-state index contributed by atoms with van der Waals surface area (Å²) in [5, 5.41) is 7.86. The molecule has 0 aliphatic heterocycles. The lowest BCUT2D eigenvalue weighted by Crippen LogP contribution is -1.97. The van der Waals surface area contributed by atoms with Gasteiger partial charge in [-0.15, -0.1) is 21.8 Å². The van der Waals surface area contributed by atoms with E-state index in [9.17, 15) is 0 Å². The fourth-order valence-corrected chi connectivity index (χ4v) is 1.76. The lowest BCUT2D eigenvalue weighted by Gasteiger charge is -2.06. The van der Waals surface area contributed by atoms with Crippen LogP contribution in [0.1, 0.15) is 25.1 Å². The van der Waals surface area contributed by atoms with Crippen molar-refractivity contribution in [1.29, 1.82) is 0 Å². The molecule has 0 aliphatic carbocycles. The van der Waals surface area contributed by atoms with E-state index in [4.69, 9.17) is 25.5 Å². The van der Waals surface area contributed by atoms with Gasteiger partial charge in [0.15, 0.2) is 6.61 Å². The van der Waals surface area contributed by atoms with Crippen LogP contribution in [0.2, 0.25) is 0 Å². The summed E-state index contributed by atoms with van der Waals surface area (Å²) in [6.07, 6.45) is 1.51. The van der Waals surface area contributed by atoms with Crippen LogP contribution in [0, 0.1) is 0 Å². The van der Waals surface area contributed by atoms with E-state index in [1.54, 1.807) is 0 Å². The Morgan fingerprint density at radius 2 is 1.90 bits per heavy atom. The molecule has 0 N–H and O–H groups in total. The number of alkyl halides is 1. The summed E-state index contributed by atoms with van der Waals surface area (Å²) in [5.74, 6) is 3.11. The monoisotopic (exact) mass is 296 g/mol. The molecule has 0 atom stereocenters. The molecular formula is C14H17ClN2O3. The van der Waals surface area contributed by atoms with Crippen LogP contribution in [0.25, 0.3) is 0 Å². The van der Waals surface area contributed by atoms with Gasteiger partial charge in [0.05, 0.1) is 6.61 Å². The minimum atomic E-state index is 0.240. The molecule has 0 aliphatic rings. The molecule has 6 heteroatoms. The zero-order chi connectivity index (χ0) is 14.2. The average molecular weight is 297 g/mol. The van der Waals surface area contributed by atoms with Gasteiger partial charge in [0, 0.05) is 18.4 Å². The molecule has 2 aromatic rings. The van der Waals surface area contributed by atoms with Crippen molar-refractivity contribution >= 4 is 11.6 Å². The number of aryl methyl sites for hydroxylation is 1. The minimum Gasteiger partial charge on any atom is -0.494 e. The number of rotatable bonds is 8. The van der Waals surface area contributed by atoms with Crippen LogP contribution >= 0.6 is 11.6 Å². The first-order chi connectivity index (χ1) is 9.81. The molecule has 0 saturated heterocycles. The fourth-order valence-electron chi connectivity index (χ4n) is 1.63. The number of aromatic nitrogens is 2. The summed E-state index contributed by atoms with van der Waals surface area (Å²) in [5.41, 5.74) is 0. The Morgan fingerprint density at radius 1 is 1.15 bits per heavy atom. The molecule has 2 rings (SSSR count). The highest BCUT2D eigenvalue weighted by atomic mass is 35.5. The van der Waals surface area contributed by atoms with Gasteiger partial charge >= 0.3 is 0 Å². The zero-order valence-electron chi connectivity index (χ0n) is 11.3. The highest BCUT2D eigenvalue weighted by Crippen LogP contribution is 2.20. The van der Waals surface area contributed by atoms with E-state index in [0.717, 1.165) is 12.2 Å². The van der Waals surface area contributed by atoms with Crippen molar-refractivity contribution in [1.82, 2.24) is 10.2 Å². The highest BCUT2D eigenvalue weighted by molar-refractivity contribution is 6.17. The summed E-state index contributed by atoms with van der Waals surface area (Å²) in [4.78, 5) is 0. The van der Waals surface area contributed by atoms with Crippen molar-refractivity contribution in [2.75, 3.05) is 12.5 Å². The van der Waals surface area contributed by atoms with Crippen molar-refractivity contribution in [3.8, 4) is 11.5 Å². The minimum absolute atomic E-state index is 0.240. The summed E-state index contributed by atoms with van der Waals surface area (Å²) in [7, 11) is 0.